The van der Waals surface area contributed by atoms with Crippen molar-refractivity contribution in [3.8, 4) is 11.5 Å². The minimum absolute atomic E-state index is 0.250. The summed E-state index contributed by atoms with van der Waals surface area (Å²) < 4.78 is 11.2. The fourth-order valence-electron chi connectivity index (χ4n) is 2.36. The van der Waals surface area contributed by atoms with E-state index in [-0.39, 0.29) is 6.61 Å². The number of fused-ring (bicyclic) bond motifs is 1. The third-order valence-corrected chi connectivity index (χ3v) is 3.33. The largest absolute Gasteiger partial charge is 0.490 e. The average Bonchev–Trinajstić information content (AvgIpc) is 2.49. The Labute approximate surface area is 128 Å². The summed E-state index contributed by atoms with van der Waals surface area (Å²) in [5, 5.41) is 18.4. The van der Waals surface area contributed by atoms with Crippen molar-refractivity contribution in [3.63, 3.8) is 0 Å². The Morgan fingerprint density at radius 2 is 2.14 bits per heavy atom. The zero-order valence-electron chi connectivity index (χ0n) is 12.5. The molecule has 1 aliphatic rings. The van der Waals surface area contributed by atoms with Crippen molar-refractivity contribution >= 4 is 17.6 Å². The minimum Gasteiger partial charge on any atom is -0.490 e. The standard InChI is InChI=1S/C15H19NO6/c1-3-11-15(20)16(7-13(18)19)10-5-9(8-17)6-12(21-4-2)14(10)22-11/h5-6,11,17H,3-4,7-8H2,1-2H3,(H,18,19). The average molecular weight is 309 g/mol. The Kier molecular flexibility index (Phi) is 4.87. The van der Waals surface area contributed by atoms with Gasteiger partial charge in [0.05, 0.1) is 18.9 Å². The van der Waals surface area contributed by atoms with Gasteiger partial charge in [-0.1, -0.05) is 6.92 Å². The van der Waals surface area contributed by atoms with Gasteiger partial charge in [-0.05, 0) is 31.0 Å². The van der Waals surface area contributed by atoms with E-state index in [4.69, 9.17) is 14.6 Å². The Morgan fingerprint density at radius 1 is 1.41 bits per heavy atom. The monoisotopic (exact) mass is 309 g/mol. The second-order valence-corrected chi connectivity index (χ2v) is 4.87. The Morgan fingerprint density at radius 3 is 2.68 bits per heavy atom. The van der Waals surface area contributed by atoms with E-state index >= 15 is 0 Å². The maximum absolute atomic E-state index is 12.4. The SMILES string of the molecule is CCOc1cc(CO)cc2c1OC(CC)C(=O)N2CC(=O)O. The number of hydrogen-bond acceptors (Lipinski definition) is 5. The molecule has 7 nitrogen and oxygen atoms in total. The lowest BCUT2D eigenvalue weighted by atomic mass is 10.1. The van der Waals surface area contributed by atoms with Crippen LogP contribution < -0.4 is 14.4 Å². The van der Waals surface area contributed by atoms with Gasteiger partial charge in [0.1, 0.15) is 6.54 Å². The molecular formula is C15H19NO6. The predicted octanol–water partition coefficient (Wildman–Crippen LogP) is 1.17. The molecule has 1 amide bonds. The second kappa shape index (κ2) is 6.65. The van der Waals surface area contributed by atoms with Crippen LogP contribution in [0.25, 0.3) is 0 Å². The van der Waals surface area contributed by atoms with Gasteiger partial charge in [0.15, 0.2) is 17.6 Å². The van der Waals surface area contributed by atoms with Crippen LogP contribution in [0.2, 0.25) is 0 Å². The number of amides is 1. The van der Waals surface area contributed by atoms with Crippen LogP contribution in [0.3, 0.4) is 0 Å². The van der Waals surface area contributed by atoms with Gasteiger partial charge in [0.2, 0.25) is 0 Å². The van der Waals surface area contributed by atoms with E-state index in [0.29, 0.717) is 35.8 Å². The highest BCUT2D eigenvalue weighted by Crippen LogP contribution is 2.43. The summed E-state index contributed by atoms with van der Waals surface area (Å²) in [6.07, 6.45) is -0.326. The predicted molar refractivity (Wildman–Crippen MR) is 78.2 cm³/mol. The van der Waals surface area contributed by atoms with Crippen molar-refractivity contribution in [1.82, 2.24) is 0 Å². The molecule has 1 heterocycles. The number of anilines is 1. The number of carbonyl (C=O) groups excluding carboxylic acids is 1. The number of carbonyl (C=O) groups is 2. The lowest BCUT2D eigenvalue weighted by molar-refractivity contribution is -0.137. The smallest absolute Gasteiger partial charge is 0.323 e. The number of aliphatic carboxylic acids is 1. The summed E-state index contributed by atoms with van der Waals surface area (Å²) in [4.78, 5) is 24.6. The van der Waals surface area contributed by atoms with E-state index < -0.39 is 24.5 Å². The van der Waals surface area contributed by atoms with E-state index in [2.05, 4.69) is 0 Å². The first kappa shape index (κ1) is 16.1. The first-order valence-corrected chi connectivity index (χ1v) is 7.12. The van der Waals surface area contributed by atoms with Crippen LogP contribution in [-0.2, 0) is 16.2 Å². The molecule has 0 radical (unpaired) electrons. The molecule has 0 spiro atoms. The van der Waals surface area contributed by atoms with Gasteiger partial charge in [-0.25, -0.2) is 0 Å². The first-order chi connectivity index (χ1) is 10.5. The van der Waals surface area contributed by atoms with Crippen molar-refractivity contribution in [3.05, 3.63) is 17.7 Å². The highest BCUT2D eigenvalue weighted by atomic mass is 16.5. The number of aliphatic hydroxyl groups is 1. The van der Waals surface area contributed by atoms with Crippen LogP contribution in [0.15, 0.2) is 12.1 Å². The van der Waals surface area contributed by atoms with E-state index in [0.717, 1.165) is 4.90 Å². The quantitative estimate of drug-likeness (QED) is 0.819. The summed E-state index contributed by atoms with van der Waals surface area (Å²) >= 11 is 0. The van der Waals surface area contributed by atoms with Crippen molar-refractivity contribution in [2.24, 2.45) is 0 Å². The molecule has 1 unspecified atom stereocenters. The molecule has 0 fully saturated rings. The second-order valence-electron chi connectivity index (χ2n) is 4.87. The fourth-order valence-corrected chi connectivity index (χ4v) is 2.36. The Balaban J connectivity index is 2.57. The molecule has 1 aromatic carbocycles. The van der Waals surface area contributed by atoms with Crippen molar-refractivity contribution in [2.45, 2.75) is 33.0 Å². The maximum Gasteiger partial charge on any atom is 0.323 e. The molecule has 7 heteroatoms. The number of nitrogens with zero attached hydrogens (tertiary/aromatic N) is 1. The van der Waals surface area contributed by atoms with Crippen LogP contribution >= 0.6 is 0 Å². The number of carboxylic acid groups (broad SMARTS) is 1. The van der Waals surface area contributed by atoms with Gasteiger partial charge in [-0.15, -0.1) is 0 Å². The Bertz CT molecular complexity index is 586. The molecule has 2 rings (SSSR count). The third-order valence-electron chi connectivity index (χ3n) is 3.33. The molecular weight excluding hydrogens is 290 g/mol. The summed E-state index contributed by atoms with van der Waals surface area (Å²) in [6.45, 7) is 3.26. The van der Waals surface area contributed by atoms with Gasteiger partial charge in [0, 0.05) is 0 Å². The highest BCUT2D eigenvalue weighted by Gasteiger charge is 2.36. The lowest BCUT2D eigenvalue weighted by Crippen LogP contribution is -2.47. The molecule has 120 valence electrons. The van der Waals surface area contributed by atoms with Gasteiger partial charge in [-0.3, -0.25) is 14.5 Å². The normalized spacial score (nSPS) is 17.0. The van der Waals surface area contributed by atoms with Crippen molar-refractivity contribution < 1.29 is 29.3 Å². The van der Waals surface area contributed by atoms with Crippen LogP contribution in [-0.4, -0.2) is 41.3 Å². The van der Waals surface area contributed by atoms with Crippen LogP contribution in [0.1, 0.15) is 25.8 Å². The third kappa shape index (κ3) is 2.99. The zero-order valence-corrected chi connectivity index (χ0v) is 12.5. The maximum atomic E-state index is 12.4. The summed E-state index contributed by atoms with van der Waals surface area (Å²) in [7, 11) is 0. The molecule has 0 aromatic heterocycles. The molecule has 0 saturated carbocycles. The lowest BCUT2D eigenvalue weighted by Gasteiger charge is -2.34. The molecule has 1 aromatic rings. The Hall–Kier alpha value is -2.28. The van der Waals surface area contributed by atoms with Gasteiger partial charge >= 0.3 is 5.97 Å². The first-order valence-electron chi connectivity index (χ1n) is 7.12. The van der Waals surface area contributed by atoms with Crippen LogP contribution in [0.5, 0.6) is 11.5 Å². The molecule has 2 N–H and O–H groups in total. The zero-order chi connectivity index (χ0) is 16.3. The van der Waals surface area contributed by atoms with E-state index in [1.807, 2.05) is 0 Å². The number of rotatable bonds is 6. The molecule has 1 aliphatic heterocycles. The molecule has 0 bridgehead atoms. The molecule has 0 aliphatic carbocycles. The van der Waals surface area contributed by atoms with Gasteiger partial charge in [-0.2, -0.15) is 0 Å². The number of ether oxygens (including phenoxy) is 2. The topological polar surface area (TPSA) is 96.3 Å². The van der Waals surface area contributed by atoms with Crippen molar-refractivity contribution in [1.29, 1.82) is 0 Å². The molecule has 1 atom stereocenters. The highest BCUT2D eigenvalue weighted by molar-refractivity contribution is 6.03. The summed E-state index contributed by atoms with van der Waals surface area (Å²) in [6, 6.07) is 3.17. The number of benzene rings is 1. The fraction of sp³-hybridized carbons (Fsp3) is 0.467. The minimum atomic E-state index is -1.12. The van der Waals surface area contributed by atoms with Crippen LogP contribution in [0, 0.1) is 0 Å². The number of hydrogen-bond donors (Lipinski definition) is 2. The summed E-state index contributed by atoms with van der Waals surface area (Å²) in [5.74, 6) is -0.796. The van der Waals surface area contributed by atoms with Crippen LogP contribution in [0.4, 0.5) is 5.69 Å². The number of carboxylic acids is 1. The van der Waals surface area contributed by atoms with E-state index in [9.17, 15) is 14.7 Å². The number of aliphatic hydroxyl groups excluding tert-OH is 1. The van der Waals surface area contributed by atoms with E-state index in [1.165, 1.54) is 0 Å². The van der Waals surface area contributed by atoms with E-state index in [1.54, 1.807) is 26.0 Å². The summed E-state index contributed by atoms with van der Waals surface area (Å²) in [5.41, 5.74) is 0.830. The van der Waals surface area contributed by atoms with Gasteiger partial charge in [0.25, 0.3) is 5.91 Å². The molecule has 0 saturated heterocycles. The van der Waals surface area contributed by atoms with Crippen molar-refractivity contribution in [2.75, 3.05) is 18.1 Å². The van der Waals surface area contributed by atoms with Gasteiger partial charge < -0.3 is 19.7 Å². The molecule has 22 heavy (non-hydrogen) atoms.